The van der Waals surface area contributed by atoms with Gasteiger partial charge in [-0.05, 0) is 0 Å². The van der Waals surface area contributed by atoms with Crippen LogP contribution in [-0.2, 0) is 4.74 Å². The number of aromatic carboxylic acids is 1. The van der Waals surface area contributed by atoms with Crippen LogP contribution in [-0.4, -0.2) is 66.4 Å². The summed E-state index contributed by atoms with van der Waals surface area (Å²) in [5.74, 6) is -1.59. The van der Waals surface area contributed by atoms with Gasteiger partial charge in [0, 0.05) is 32.0 Å². The Morgan fingerprint density at radius 3 is 2.53 bits per heavy atom. The van der Waals surface area contributed by atoms with Crippen LogP contribution >= 0.6 is 0 Å². The Morgan fingerprint density at radius 1 is 1.33 bits per heavy atom. The SMILES string of the molecule is O=C(O)c1nnc(N2CCOCC2)o1.[Li]. The minimum absolute atomic E-state index is 0. The Kier molecular flexibility index (Phi) is 4.14. The number of hydrogen-bond acceptors (Lipinski definition) is 6. The first kappa shape index (κ1) is 12.0. The molecule has 0 aliphatic carbocycles. The molecule has 1 N–H and O–H groups in total. The van der Waals surface area contributed by atoms with E-state index in [1.54, 1.807) is 4.90 Å². The second-order valence-electron chi connectivity index (χ2n) is 2.79. The van der Waals surface area contributed by atoms with Crippen LogP contribution in [0.1, 0.15) is 10.7 Å². The van der Waals surface area contributed by atoms with Gasteiger partial charge in [0.2, 0.25) is 0 Å². The van der Waals surface area contributed by atoms with Crippen molar-refractivity contribution in [2.24, 2.45) is 0 Å². The standard InChI is InChI=1S/C7H9N3O4.Li/c11-6(12)5-8-9-7(14-5)10-1-3-13-4-2-10;/h1-4H2,(H,11,12);. The van der Waals surface area contributed by atoms with Gasteiger partial charge in [-0.25, -0.2) is 4.79 Å². The monoisotopic (exact) mass is 206 g/mol. The van der Waals surface area contributed by atoms with Gasteiger partial charge in [-0.3, -0.25) is 0 Å². The molecule has 1 aliphatic heterocycles. The van der Waals surface area contributed by atoms with E-state index in [-0.39, 0.29) is 30.8 Å². The summed E-state index contributed by atoms with van der Waals surface area (Å²) in [7, 11) is 0. The molecular formula is C7H9LiN3O4. The third kappa shape index (κ3) is 2.72. The van der Waals surface area contributed by atoms with E-state index in [1.165, 1.54) is 0 Å². The Labute approximate surface area is 97.6 Å². The maximum Gasteiger partial charge on any atom is 0.393 e. The van der Waals surface area contributed by atoms with Crippen LogP contribution in [0.25, 0.3) is 0 Å². The number of ether oxygens (including phenoxy) is 1. The van der Waals surface area contributed by atoms with Crippen molar-refractivity contribution >= 4 is 30.8 Å². The molecule has 8 heteroatoms. The van der Waals surface area contributed by atoms with Crippen molar-refractivity contribution < 1.29 is 19.1 Å². The maximum atomic E-state index is 10.5. The summed E-state index contributed by atoms with van der Waals surface area (Å²) in [6.45, 7) is 2.46. The van der Waals surface area contributed by atoms with Crippen molar-refractivity contribution in [2.75, 3.05) is 31.2 Å². The fraction of sp³-hybridized carbons (Fsp3) is 0.571. The summed E-state index contributed by atoms with van der Waals surface area (Å²) in [6.07, 6.45) is 0. The number of nitrogens with zero attached hydrogens (tertiary/aromatic N) is 3. The largest absolute Gasteiger partial charge is 0.474 e. The van der Waals surface area contributed by atoms with Crippen molar-refractivity contribution in [1.29, 1.82) is 0 Å². The van der Waals surface area contributed by atoms with Crippen LogP contribution in [0.15, 0.2) is 4.42 Å². The first-order valence-electron chi connectivity index (χ1n) is 4.17. The average Bonchev–Trinajstić information content (AvgIpc) is 2.68. The number of carbonyl (C=O) groups is 1. The van der Waals surface area contributed by atoms with Gasteiger partial charge in [-0.15, -0.1) is 0 Å². The van der Waals surface area contributed by atoms with E-state index < -0.39 is 5.97 Å². The second kappa shape index (κ2) is 5.16. The van der Waals surface area contributed by atoms with E-state index in [0.717, 1.165) is 0 Å². The molecule has 0 aromatic carbocycles. The van der Waals surface area contributed by atoms with E-state index in [1.807, 2.05) is 0 Å². The quantitative estimate of drug-likeness (QED) is 0.635. The first-order valence-corrected chi connectivity index (χ1v) is 4.17. The number of rotatable bonds is 2. The van der Waals surface area contributed by atoms with Crippen LogP contribution in [0.5, 0.6) is 0 Å². The van der Waals surface area contributed by atoms with Crippen molar-refractivity contribution in [2.45, 2.75) is 0 Å². The van der Waals surface area contributed by atoms with Crippen LogP contribution in [0.4, 0.5) is 6.01 Å². The molecule has 0 atom stereocenters. The van der Waals surface area contributed by atoms with Crippen molar-refractivity contribution in [1.82, 2.24) is 10.2 Å². The third-order valence-corrected chi connectivity index (χ3v) is 1.88. The summed E-state index contributed by atoms with van der Waals surface area (Å²) in [4.78, 5) is 12.3. The van der Waals surface area contributed by atoms with E-state index in [9.17, 15) is 4.79 Å². The minimum atomic E-state index is -1.21. The molecule has 0 spiro atoms. The van der Waals surface area contributed by atoms with Gasteiger partial charge < -0.3 is 19.2 Å². The van der Waals surface area contributed by atoms with Gasteiger partial charge >= 0.3 is 17.9 Å². The van der Waals surface area contributed by atoms with Crippen LogP contribution in [0.2, 0.25) is 0 Å². The van der Waals surface area contributed by atoms with E-state index in [0.29, 0.717) is 26.3 Å². The fourth-order valence-corrected chi connectivity index (χ4v) is 1.18. The number of hydrogen-bond donors (Lipinski definition) is 1. The Balaban J connectivity index is 0.00000112. The summed E-state index contributed by atoms with van der Waals surface area (Å²) in [6, 6.07) is 0.241. The molecule has 0 saturated carbocycles. The molecule has 0 bridgehead atoms. The van der Waals surface area contributed by atoms with E-state index >= 15 is 0 Å². The summed E-state index contributed by atoms with van der Waals surface area (Å²) < 4.78 is 10.1. The van der Waals surface area contributed by atoms with Crippen molar-refractivity contribution in [3.05, 3.63) is 5.89 Å². The molecule has 77 valence electrons. The third-order valence-electron chi connectivity index (χ3n) is 1.88. The van der Waals surface area contributed by atoms with Gasteiger partial charge in [-0.2, -0.15) is 0 Å². The second-order valence-corrected chi connectivity index (χ2v) is 2.79. The molecule has 1 saturated heterocycles. The number of aromatic nitrogens is 2. The molecule has 7 nitrogen and oxygen atoms in total. The van der Waals surface area contributed by atoms with Crippen LogP contribution in [0.3, 0.4) is 0 Å². The van der Waals surface area contributed by atoms with Gasteiger partial charge in [0.25, 0.3) is 0 Å². The van der Waals surface area contributed by atoms with Gasteiger partial charge in [0.1, 0.15) is 0 Å². The number of carboxylic acid groups (broad SMARTS) is 1. The van der Waals surface area contributed by atoms with Gasteiger partial charge in [0.05, 0.1) is 13.2 Å². The molecule has 1 aromatic heterocycles. The molecule has 1 fully saturated rings. The Morgan fingerprint density at radius 2 is 2.00 bits per heavy atom. The molecule has 2 rings (SSSR count). The Hall–Kier alpha value is -1.03. The molecule has 0 amide bonds. The number of anilines is 1. The van der Waals surface area contributed by atoms with Gasteiger partial charge in [-0.1, -0.05) is 10.2 Å². The molecule has 0 unspecified atom stereocenters. The van der Waals surface area contributed by atoms with E-state index in [4.69, 9.17) is 14.3 Å². The average molecular weight is 206 g/mol. The number of morpholine rings is 1. The summed E-state index contributed by atoms with van der Waals surface area (Å²) in [5.41, 5.74) is 0. The first-order chi connectivity index (χ1) is 6.77. The van der Waals surface area contributed by atoms with Gasteiger partial charge in [0.15, 0.2) is 0 Å². The van der Waals surface area contributed by atoms with Crippen molar-refractivity contribution in [3.8, 4) is 0 Å². The predicted octanol–water partition coefficient (Wildman–Crippen LogP) is -0.776. The van der Waals surface area contributed by atoms with E-state index in [2.05, 4.69) is 10.2 Å². The molecule has 15 heavy (non-hydrogen) atoms. The van der Waals surface area contributed by atoms with Crippen LogP contribution in [0, 0.1) is 0 Å². The van der Waals surface area contributed by atoms with Crippen LogP contribution < -0.4 is 4.90 Å². The van der Waals surface area contributed by atoms with Crippen molar-refractivity contribution in [3.63, 3.8) is 0 Å². The zero-order valence-electron chi connectivity index (χ0n) is 8.34. The fourth-order valence-electron chi connectivity index (χ4n) is 1.18. The maximum absolute atomic E-state index is 10.5. The predicted molar refractivity (Wildman–Crippen MR) is 50.0 cm³/mol. The molecule has 1 aromatic rings. The summed E-state index contributed by atoms with van der Waals surface area (Å²) in [5, 5.41) is 15.6. The minimum Gasteiger partial charge on any atom is -0.474 e. The topological polar surface area (TPSA) is 88.7 Å². The number of carboxylic acids is 1. The Bertz CT molecular complexity index is 337. The summed E-state index contributed by atoms with van der Waals surface area (Å²) >= 11 is 0. The zero-order valence-corrected chi connectivity index (χ0v) is 8.34. The normalized spacial score (nSPS) is 15.9. The smallest absolute Gasteiger partial charge is 0.393 e. The molecular weight excluding hydrogens is 197 g/mol. The molecule has 2 heterocycles. The molecule has 1 radical (unpaired) electrons. The molecule has 1 aliphatic rings. The zero-order chi connectivity index (χ0) is 9.97.